The number of hydrogen-bond donors (Lipinski definition) is 1. The number of rotatable bonds is 5. The molecule has 0 bridgehead atoms. The highest BCUT2D eigenvalue weighted by Crippen LogP contribution is 2.29. The van der Waals surface area contributed by atoms with E-state index >= 15 is 0 Å². The van der Waals surface area contributed by atoms with E-state index in [1.807, 2.05) is 13.8 Å². The van der Waals surface area contributed by atoms with Crippen LogP contribution in [-0.4, -0.2) is 11.8 Å². The molecule has 0 aliphatic rings. The molecule has 0 aliphatic heterocycles. The Morgan fingerprint density at radius 2 is 2.15 bits per heavy atom. The van der Waals surface area contributed by atoms with E-state index < -0.39 is 6.61 Å². The summed E-state index contributed by atoms with van der Waals surface area (Å²) in [6.07, 6.45) is 0. The Bertz CT molecular complexity index is 583. The SMILES string of the molecule is Cc1noc(C)c1CNc1ccc(OC(F)F)c(Cl)c1. The van der Waals surface area contributed by atoms with Gasteiger partial charge in [0, 0.05) is 17.8 Å². The monoisotopic (exact) mass is 302 g/mol. The van der Waals surface area contributed by atoms with Gasteiger partial charge in [0.25, 0.3) is 0 Å². The normalized spacial score (nSPS) is 10.9. The second-order valence-corrected chi connectivity index (χ2v) is 4.59. The smallest absolute Gasteiger partial charge is 0.387 e. The largest absolute Gasteiger partial charge is 0.433 e. The topological polar surface area (TPSA) is 47.3 Å². The molecule has 1 aromatic heterocycles. The van der Waals surface area contributed by atoms with Crippen LogP contribution in [-0.2, 0) is 6.54 Å². The van der Waals surface area contributed by atoms with Crippen LogP contribution in [0.2, 0.25) is 5.02 Å². The van der Waals surface area contributed by atoms with Crippen LogP contribution in [0, 0.1) is 13.8 Å². The summed E-state index contributed by atoms with van der Waals surface area (Å²) in [4.78, 5) is 0. The molecule has 2 aromatic rings. The first-order chi connectivity index (χ1) is 9.47. The molecule has 0 spiro atoms. The molecule has 0 radical (unpaired) electrons. The first-order valence-electron chi connectivity index (χ1n) is 5.87. The highest BCUT2D eigenvalue weighted by atomic mass is 35.5. The van der Waals surface area contributed by atoms with E-state index in [4.69, 9.17) is 16.1 Å². The Hall–Kier alpha value is -1.82. The Morgan fingerprint density at radius 3 is 2.70 bits per heavy atom. The van der Waals surface area contributed by atoms with Gasteiger partial charge in [0.15, 0.2) is 0 Å². The molecule has 0 amide bonds. The second kappa shape index (κ2) is 6.09. The average molecular weight is 303 g/mol. The predicted octanol–water partition coefficient (Wildman–Crippen LogP) is 4.16. The number of nitrogens with zero attached hydrogens (tertiary/aromatic N) is 1. The zero-order valence-corrected chi connectivity index (χ0v) is 11.7. The van der Waals surface area contributed by atoms with Crippen molar-refractivity contribution < 1.29 is 18.0 Å². The number of benzene rings is 1. The van der Waals surface area contributed by atoms with Crippen LogP contribution in [0.4, 0.5) is 14.5 Å². The van der Waals surface area contributed by atoms with Crippen molar-refractivity contribution in [2.45, 2.75) is 27.0 Å². The van der Waals surface area contributed by atoms with E-state index in [0.717, 1.165) is 17.0 Å². The third-order valence-electron chi connectivity index (χ3n) is 2.80. The van der Waals surface area contributed by atoms with Gasteiger partial charge in [-0.3, -0.25) is 0 Å². The van der Waals surface area contributed by atoms with Crippen molar-refractivity contribution in [3.05, 3.63) is 40.2 Å². The Labute approximate surface area is 119 Å². The summed E-state index contributed by atoms with van der Waals surface area (Å²) in [5, 5.41) is 7.09. The molecule has 1 heterocycles. The maximum Gasteiger partial charge on any atom is 0.387 e. The maximum atomic E-state index is 12.1. The molecule has 1 N–H and O–H groups in total. The number of nitrogens with one attached hydrogen (secondary N) is 1. The van der Waals surface area contributed by atoms with Gasteiger partial charge in [-0.1, -0.05) is 16.8 Å². The first kappa shape index (κ1) is 14.6. The molecule has 0 atom stereocenters. The number of alkyl halides is 2. The molecule has 1 aromatic carbocycles. The Balaban J connectivity index is 2.06. The van der Waals surface area contributed by atoms with E-state index in [-0.39, 0.29) is 10.8 Å². The molecule has 0 fully saturated rings. The van der Waals surface area contributed by atoms with Gasteiger partial charge in [-0.15, -0.1) is 0 Å². The van der Waals surface area contributed by atoms with Gasteiger partial charge in [0.1, 0.15) is 11.5 Å². The molecule has 4 nitrogen and oxygen atoms in total. The van der Waals surface area contributed by atoms with E-state index in [9.17, 15) is 8.78 Å². The van der Waals surface area contributed by atoms with Gasteiger partial charge in [-0.05, 0) is 32.0 Å². The lowest BCUT2D eigenvalue weighted by Gasteiger charge is -2.10. The highest BCUT2D eigenvalue weighted by Gasteiger charge is 2.11. The third-order valence-corrected chi connectivity index (χ3v) is 3.09. The van der Waals surface area contributed by atoms with Crippen molar-refractivity contribution in [1.29, 1.82) is 0 Å². The van der Waals surface area contributed by atoms with Gasteiger partial charge in [0.05, 0.1) is 10.7 Å². The molecular weight excluding hydrogens is 290 g/mol. The number of aryl methyl sites for hydroxylation is 2. The molecule has 7 heteroatoms. The van der Waals surface area contributed by atoms with Gasteiger partial charge in [-0.2, -0.15) is 8.78 Å². The van der Waals surface area contributed by atoms with Crippen LogP contribution in [0.15, 0.2) is 22.7 Å². The molecule has 2 rings (SSSR count). The van der Waals surface area contributed by atoms with Gasteiger partial charge in [-0.25, -0.2) is 0 Å². The molecule has 0 saturated heterocycles. The van der Waals surface area contributed by atoms with Crippen molar-refractivity contribution in [2.75, 3.05) is 5.32 Å². The van der Waals surface area contributed by atoms with Crippen molar-refractivity contribution in [1.82, 2.24) is 5.16 Å². The van der Waals surface area contributed by atoms with Crippen LogP contribution in [0.5, 0.6) is 5.75 Å². The minimum absolute atomic E-state index is 0.0513. The zero-order chi connectivity index (χ0) is 14.7. The lowest BCUT2D eigenvalue weighted by Crippen LogP contribution is -2.04. The molecular formula is C13H13ClF2N2O2. The van der Waals surface area contributed by atoms with Crippen molar-refractivity contribution in [3.63, 3.8) is 0 Å². The number of halogens is 3. The summed E-state index contributed by atoms with van der Waals surface area (Å²) in [5.41, 5.74) is 2.45. The molecule has 0 aliphatic carbocycles. The van der Waals surface area contributed by atoms with E-state index in [1.165, 1.54) is 12.1 Å². The summed E-state index contributed by atoms with van der Waals surface area (Å²) in [5.74, 6) is 0.684. The summed E-state index contributed by atoms with van der Waals surface area (Å²) in [6.45, 7) is 1.28. The van der Waals surface area contributed by atoms with E-state index in [2.05, 4.69) is 15.2 Å². The summed E-state index contributed by atoms with van der Waals surface area (Å²) < 4.78 is 33.5. The standard InChI is InChI=1S/C13H13ClF2N2O2/c1-7-10(8(2)20-18-7)6-17-9-3-4-12(11(14)5-9)19-13(15)16/h3-5,13,17H,6H2,1-2H3. The quantitative estimate of drug-likeness (QED) is 0.901. The molecule has 0 unspecified atom stereocenters. The average Bonchev–Trinajstić information content (AvgIpc) is 2.69. The van der Waals surface area contributed by atoms with Crippen LogP contribution in [0.3, 0.4) is 0 Å². The fourth-order valence-electron chi connectivity index (χ4n) is 1.75. The van der Waals surface area contributed by atoms with E-state index in [0.29, 0.717) is 12.2 Å². The summed E-state index contributed by atoms with van der Waals surface area (Å²) in [7, 11) is 0. The fraction of sp³-hybridized carbons (Fsp3) is 0.308. The molecule has 20 heavy (non-hydrogen) atoms. The summed E-state index contributed by atoms with van der Waals surface area (Å²) >= 11 is 5.87. The fourth-order valence-corrected chi connectivity index (χ4v) is 1.97. The number of anilines is 1. The molecule has 108 valence electrons. The second-order valence-electron chi connectivity index (χ2n) is 4.18. The minimum Gasteiger partial charge on any atom is -0.433 e. The van der Waals surface area contributed by atoms with Crippen LogP contribution in [0.1, 0.15) is 17.0 Å². The number of hydrogen-bond acceptors (Lipinski definition) is 4. The van der Waals surface area contributed by atoms with Gasteiger partial charge < -0.3 is 14.6 Å². The lowest BCUT2D eigenvalue weighted by atomic mass is 10.2. The predicted molar refractivity (Wildman–Crippen MR) is 71.4 cm³/mol. The minimum atomic E-state index is -2.89. The molecule has 0 saturated carbocycles. The van der Waals surface area contributed by atoms with E-state index in [1.54, 1.807) is 6.07 Å². The van der Waals surface area contributed by atoms with Gasteiger partial charge in [0.2, 0.25) is 0 Å². The zero-order valence-electron chi connectivity index (χ0n) is 10.9. The van der Waals surface area contributed by atoms with Crippen LogP contribution in [0.25, 0.3) is 0 Å². The lowest BCUT2D eigenvalue weighted by molar-refractivity contribution is -0.0497. The third kappa shape index (κ3) is 3.39. The van der Waals surface area contributed by atoms with Gasteiger partial charge >= 0.3 is 6.61 Å². The number of ether oxygens (including phenoxy) is 1. The Kier molecular flexibility index (Phi) is 4.44. The van der Waals surface area contributed by atoms with Crippen molar-refractivity contribution >= 4 is 17.3 Å². The van der Waals surface area contributed by atoms with Crippen molar-refractivity contribution in [2.24, 2.45) is 0 Å². The maximum absolute atomic E-state index is 12.1. The van der Waals surface area contributed by atoms with Crippen molar-refractivity contribution in [3.8, 4) is 5.75 Å². The number of aromatic nitrogens is 1. The van der Waals surface area contributed by atoms with Crippen LogP contribution < -0.4 is 10.1 Å². The Morgan fingerprint density at radius 1 is 1.40 bits per heavy atom. The highest BCUT2D eigenvalue weighted by molar-refractivity contribution is 6.32. The van der Waals surface area contributed by atoms with Crippen LogP contribution >= 0.6 is 11.6 Å². The summed E-state index contributed by atoms with van der Waals surface area (Å²) in [6, 6.07) is 4.53. The first-order valence-corrected chi connectivity index (χ1v) is 6.25.